The molecule has 15 heavy (non-hydrogen) atoms. The Morgan fingerprint density at radius 1 is 1.53 bits per heavy atom. The largest absolute Gasteiger partial charge is 0.478 e. The van der Waals surface area contributed by atoms with Gasteiger partial charge in [0.15, 0.2) is 0 Å². The summed E-state index contributed by atoms with van der Waals surface area (Å²) in [5.74, 6) is -0.265. The number of carbonyl (C=O) groups is 1. The Morgan fingerprint density at radius 2 is 2.13 bits per heavy atom. The average Bonchev–Trinajstić information content (AvgIpc) is 2.11. The smallest absolute Gasteiger partial charge is 0.328 e. The van der Waals surface area contributed by atoms with E-state index in [1.165, 1.54) is 23.6 Å². The van der Waals surface area contributed by atoms with E-state index in [1.54, 1.807) is 6.08 Å². The number of rotatable bonds is 2. The molecule has 84 valence electrons. The maximum Gasteiger partial charge on any atom is 0.328 e. The Bertz CT molecular complexity index is 321. The Morgan fingerprint density at radius 3 is 2.67 bits per heavy atom. The first-order valence-corrected chi connectivity index (χ1v) is 5.47. The number of hydrogen-bond acceptors (Lipinski definition) is 1. The molecule has 0 aromatic carbocycles. The van der Waals surface area contributed by atoms with Gasteiger partial charge in [-0.15, -0.1) is 0 Å². The number of allylic oxidation sites excluding steroid dienone is 3. The van der Waals surface area contributed by atoms with Crippen LogP contribution in [-0.4, -0.2) is 11.1 Å². The Labute approximate surface area is 91.7 Å². The maximum atomic E-state index is 10.5. The van der Waals surface area contributed by atoms with Crippen LogP contribution in [0.3, 0.4) is 0 Å². The minimum Gasteiger partial charge on any atom is -0.478 e. The fourth-order valence-electron chi connectivity index (χ4n) is 2.26. The molecule has 0 aliphatic heterocycles. The van der Waals surface area contributed by atoms with Crippen LogP contribution in [-0.2, 0) is 4.79 Å². The van der Waals surface area contributed by atoms with Crippen molar-refractivity contribution in [3.63, 3.8) is 0 Å². The van der Waals surface area contributed by atoms with Gasteiger partial charge in [-0.1, -0.05) is 32.4 Å². The molecule has 0 amide bonds. The van der Waals surface area contributed by atoms with Gasteiger partial charge in [-0.25, -0.2) is 4.79 Å². The highest BCUT2D eigenvalue weighted by atomic mass is 16.4. The van der Waals surface area contributed by atoms with E-state index in [-0.39, 0.29) is 5.41 Å². The van der Waals surface area contributed by atoms with Crippen molar-refractivity contribution < 1.29 is 9.90 Å². The van der Waals surface area contributed by atoms with Gasteiger partial charge >= 0.3 is 5.97 Å². The summed E-state index contributed by atoms with van der Waals surface area (Å²) in [6, 6.07) is 0. The van der Waals surface area contributed by atoms with Gasteiger partial charge in [-0.3, -0.25) is 0 Å². The SMILES string of the molecule is CC1=C(C=CC(=O)O)C(C)(C)C(C)CC1. The summed E-state index contributed by atoms with van der Waals surface area (Å²) in [5, 5.41) is 8.66. The second-order valence-electron chi connectivity index (χ2n) is 5.03. The van der Waals surface area contributed by atoms with Gasteiger partial charge in [-0.05, 0) is 36.7 Å². The van der Waals surface area contributed by atoms with E-state index in [4.69, 9.17) is 5.11 Å². The molecular formula is C13H20O2. The lowest BCUT2D eigenvalue weighted by Crippen LogP contribution is -2.28. The van der Waals surface area contributed by atoms with Crippen molar-refractivity contribution >= 4 is 5.97 Å². The van der Waals surface area contributed by atoms with Gasteiger partial charge in [0.2, 0.25) is 0 Å². The lowest BCUT2D eigenvalue weighted by Gasteiger charge is -2.39. The van der Waals surface area contributed by atoms with Gasteiger partial charge in [0, 0.05) is 6.08 Å². The first-order valence-electron chi connectivity index (χ1n) is 5.47. The number of carboxylic acids is 1. The van der Waals surface area contributed by atoms with E-state index in [9.17, 15) is 4.79 Å². The number of hydrogen-bond donors (Lipinski definition) is 1. The predicted octanol–water partition coefficient (Wildman–Crippen LogP) is 3.40. The van der Waals surface area contributed by atoms with Gasteiger partial charge < -0.3 is 5.11 Å². The fraction of sp³-hybridized carbons (Fsp3) is 0.615. The topological polar surface area (TPSA) is 37.3 Å². The summed E-state index contributed by atoms with van der Waals surface area (Å²) in [4.78, 5) is 10.5. The second kappa shape index (κ2) is 4.21. The monoisotopic (exact) mass is 208 g/mol. The van der Waals surface area contributed by atoms with Crippen molar-refractivity contribution in [3.8, 4) is 0 Å². The van der Waals surface area contributed by atoms with Crippen molar-refractivity contribution in [3.05, 3.63) is 23.3 Å². The minimum absolute atomic E-state index is 0.0916. The molecule has 0 radical (unpaired) electrons. The first kappa shape index (κ1) is 12.0. The molecule has 0 spiro atoms. The molecular weight excluding hydrogens is 188 g/mol. The molecule has 1 unspecified atom stereocenters. The third kappa shape index (κ3) is 2.49. The molecule has 2 nitrogen and oxygen atoms in total. The summed E-state index contributed by atoms with van der Waals surface area (Å²) in [7, 11) is 0. The molecule has 0 saturated carbocycles. The van der Waals surface area contributed by atoms with Crippen molar-refractivity contribution in [2.75, 3.05) is 0 Å². The van der Waals surface area contributed by atoms with E-state index >= 15 is 0 Å². The van der Waals surface area contributed by atoms with Crippen LogP contribution < -0.4 is 0 Å². The lowest BCUT2D eigenvalue weighted by molar-refractivity contribution is -0.131. The van der Waals surface area contributed by atoms with E-state index in [0.717, 1.165) is 6.42 Å². The van der Waals surface area contributed by atoms with Crippen LogP contribution in [0.2, 0.25) is 0 Å². The van der Waals surface area contributed by atoms with Gasteiger partial charge in [0.25, 0.3) is 0 Å². The molecule has 1 aliphatic rings. The molecule has 2 heteroatoms. The third-order valence-corrected chi connectivity index (χ3v) is 3.73. The quantitative estimate of drug-likeness (QED) is 0.706. The Balaban J connectivity index is 3.05. The van der Waals surface area contributed by atoms with Crippen LogP contribution in [0.25, 0.3) is 0 Å². The molecule has 0 saturated heterocycles. The molecule has 1 rings (SSSR count). The highest BCUT2D eigenvalue weighted by Gasteiger charge is 2.33. The summed E-state index contributed by atoms with van der Waals surface area (Å²) in [5.41, 5.74) is 2.62. The summed E-state index contributed by atoms with van der Waals surface area (Å²) in [6.07, 6.45) is 5.30. The van der Waals surface area contributed by atoms with Gasteiger partial charge in [0.1, 0.15) is 0 Å². The van der Waals surface area contributed by atoms with Crippen LogP contribution in [0.1, 0.15) is 40.5 Å². The molecule has 0 fully saturated rings. The molecule has 0 aromatic rings. The molecule has 0 heterocycles. The van der Waals surface area contributed by atoms with E-state index < -0.39 is 5.97 Å². The summed E-state index contributed by atoms with van der Waals surface area (Å²) >= 11 is 0. The van der Waals surface area contributed by atoms with Crippen molar-refractivity contribution in [2.24, 2.45) is 11.3 Å². The molecule has 1 atom stereocenters. The molecule has 0 bridgehead atoms. The van der Waals surface area contributed by atoms with Crippen molar-refractivity contribution in [1.29, 1.82) is 0 Å². The lowest BCUT2D eigenvalue weighted by atomic mass is 9.66. The molecule has 1 aliphatic carbocycles. The first-order chi connectivity index (χ1) is 6.85. The zero-order valence-corrected chi connectivity index (χ0v) is 10.0. The molecule has 0 aromatic heterocycles. The van der Waals surface area contributed by atoms with E-state index in [1.807, 2.05) is 0 Å². The van der Waals surface area contributed by atoms with Crippen LogP contribution in [0.4, 0.5) is 0 Å². The average molecular weight is 208 g/mol. The molecule has 1 N–H and O–H groups in total. The van der Waals surface area contributed by atoms with Crippen LogP contribution in [0.5, 0.6) is 0 Å². The minimum atomic E-state index is -0.871. The summed E-state index contributed by atoms with van der Waals surface area (Å²) in [6.45, 7) is 8.74. The Hall–Kier alpha value is -1.05. The van der Waals surface area contributed by atoms with Crippen LogP contribution in [0.15, 0.2) is 23.3 Å². The fourth-order valence-corrected chi connectivity index (χ4v) is 2.26. The van der Waals surface area contributed by atoms with Gasteiger partial charge in [0.05, 0.1) is 0 Å². The van der Waals surface area contributed by atoms with Crippen LogP contribution in [0, 0.1) is 11.3 Å². The zero-order valence-electron chi connectivity index (χ0n) is 10.0. The zero-order chi connectivity index (χ0) is 11.6. The standard InChI is InChI=1S/C13H20O2/c1-9-5-6-10(2)13(3,4)11(9)7-8-12(14)15/h7-8,10H,5-6H2,1-4H3,(H,14,15). The van der Waals surface area contributed by atoms with Crippen molar-refractivity contribution in [2.45, 2.75) is 40.5 Å². The van der Waals surface area contributed by atoms with E-state index in [2.05, 4.69) is 27.7 Å². The highest BCUT2D eigenvalue weighted by molar-refractivity contribution is 5.80. The maximum absolute atomic E-state index is 10.5. The van der Waals surface area contributed by atoms with Crippen LogP contribution >= 0.6 is 0 Å². The van der Waals surface area contributed by atoms with Crippen molar-refractivity contribution in [1.82, 2.24) is 0 Å². The normalized spacial score (nSPS) is 26.0. The summed E-state index contributed by atoms with van der Waals surface area (Å²) < 4.78 is 0. The number of aliphatic carboxylic acids is 1. The Kier molecular flexibility index (Phi) is 3.38. The predicted molar refractivity (Wildman–Crippen MR) is 61.7 cm³/mol. The highest BCUT2D eigenvalue weighted by Crippen LogP contribution is 2.44. The second-order valence-corrected chi connectivity index (χ2v) is 5.03. The third-order valence-electron chi connectivity index (χ3n) is 3.73. The van der Waals surface area contributed by atoms with E-state index in [0.29, 0.717) is 5.92 Å². The number of carboxylic acid groups (broad SMARTS) is 1. The van der Waals surface area contributed by atoms with Gasteiger partial charge in [-0.2, -0.15) is 0 Å².